The molecule has 4 nitrogen and oxygen atoms in total. The number of carbonyl (C=O) groups is 2. The van der Waals surface area contributed by atoms with Crippen molar-refractivity contribution in [3.8, 4) is 0 Å². The first-order valence-electron chi connectivity index (χ1n) is 4.18. The molecule has 0 spiro atoms. The minimum absolute atomic E-state index is 0.234. The first-order valence-corrected chi connectivity index (χ1v) is 4.18. The fourth-order valence-electron chi connectivity index (χ4n) is 1.05. The monoisotopic (exact) mass is 235 g/mol. The van der Waals surface area contributed by atoms with E-state index in [1.165, 1.54) is 6.20 Å². The van der Waals surface area contributed by atoms with E-state index in [4.69, 9.17) is 0 Å². The number of Topliss-reactive ketones (excluding diaryl/α,β-unsaturated/α-hetero) is 1. The zero-order valence-corrected chi connectivity index (χ0v) is 8.25. The van der Waals surface area contributed by atoms with Crippen molar-refractivity contribution in [2.75, 3.05) is 7.11 Å². The average Bonchev–Trinajstić information content (AvgIpc) is 2.63. The summed E-state index contributed by atoms with van der Waals surface area (Å²) in [5.41, 5.74) is -0.503. The maximum absolute atomic E-state index is 12.0. The van der Waals surface area contributed by atoms with Crippen LogP contribution >= 0.6 is 0 Å². The fourth-order valence-corrected chi connectivity index (χ4v) is 1.05. The Morgan fingerprint density at radius 1 is 1.44 bits per heavy atom. The quantitative estimate of drug-likeness (QED) is 0.587. The van der Waals surface area contributed by atoms with Crippen LogP contribution in [0.4, 0.5) is 13.2 Å². The SMILES string of the molecule is COC(=O)Cn1ccc(C(=O)C(F)(F)F)c1. The van der Waals surface area contributed by atoms with E-state index < -0.39 is 23.5 Å². The van der Waals surface area contributed by atoms with Gasteiger partial charge in [-0.3, -0.25) is 9.59 Å². The van der Waals surface area contributed by atoms with Gasteiger partial charge in [0.15, 0.2) is 0 Å². The molecule has 0 fully saturated rings. The molecule has 1 aromatic rings. The van der Waals surface area contributed by atoms with Crippen molar-refractivity contribution in [1.29, 1.82) is 0 Å². The van der Waals surface area contributed by atoms with Crippen LogP contribution in [0.3, 0.4) is 0 Å². The molecule has 16 heavy (non-hydrogen) atoms. The normalized spacial score (nSPS) is 11.2. The number of halogens is 3. The maximum Gasteiger partial charge on any atom is 0.454 e. The van der Waals surface area contributed by atoms with E-state index in [9.17, 15) is 22.8 Å². The Kier molecular flexibility index (Phi) is 3.36. The van der Waals surface area contributed by atoms with Crippen LogP contribution in [0, 0.1) is 0 Å². The minimum Gasteiger partial charge on any atom is -0.468 e. The molecule has 0 aliphatic heterocycles. The number of carbonyl (C=O) groups excluding carboxylic acids is 2. The first kappa shape index (κ1) is 12.3. The van der Waals surface area contributed by atoms with Gasteiger partial charge in [0.05, 0.1) is 7.11 Å². The highest BCUT2D eigenvalue weighted by atomic mass is 19.4. The van der Waals surface area contributed by atoms with E-state index in [1.807, 2.05) is 0 Å². The summed E-state index contributed by atoms with van der Waals surface area (Å²) < 4.78 is 41.5. The van der Waals surface area contributed by atoms with Gasteiger partial charge in [-0.15, -0.1) is 0 Å². The van der Waals surface area contributed by atoms with Crippen LogP contribution in [0.1, 0.15) is 10.4 Å². The Labute approximate surface area is 88.6 Å². The highest BCUT2D eigenvalue weighted by Gasteiger charge is 2.39. The Morgan fingerprint density at radius 2 is 2.06 bits per heavy atom. The van der Waals surface area contributed by atoms with Crippen molar-refractivity contribution in [3.05, 3.63) is 24.0 Å². The lowest BCUT2D eigenvalue weighted by Gasteiger charge is -2.02. The first-order chi connectivity index (χ1) is 7.34. The molecule has 1 rings (SSSR count). The van der Waals surface area contributed by atoms with Crippen molar-refractivity contribution in [3.63, 3.8) is 0 Å². The van der Waals surface area contributed by atoms with Crippen LogP contribution in [0.15, 0.2) is 18.5 Å². The molecular weight excluding hydrogens is 227 g/mol. The molecule has 7 heteroatoms. The molecule has 0 aliphatic carbocycles. The molecule has 0 aliphatic rings. The largest absolute Gasteiger partial charge is 0.468 e. The van der Waals surface area contributed by atoms with Gasteiger partial charge in [-0.1, -0.05) is 0 Å². The van der Waals surface area contributed by atoms with Crippen LogP contribution in [-0.4, -0.2) is 29.6 Å². The number of ketones is 1. The zero-order chi connectivity index (χ0) is 12.3. The van der Waals surface area contributed by atoms with E-state index in [0.29, 0.717) is 0 Å². The minimum atomic E-state index is -4.91. The van der Waals surface area contributed by atoms with Crippen LogP contribution in [-0.2, 0) is 16.1 Å². The number of methoxy groups -OCH3 is 1. The Balaban J connectivity index is 2.80. The van der Waals surface area contributed by atoms with Gasteiger partial charge in [0.1, 0.15) is 6.54 Å². The van der Waals surface area contributed by atoms with Gasteiger partial charge in [-0.25, -0.2) is 0 Å². The molecule has 0 atom stereocenters. The standard InChI is InChI=1S/C9H8F3NO3/c1-16-7(14)5-13-3-2-6(4-13)8(15)9(10,11)12/h2-4H,5H2,1H3. The number of alkyl halides is 3. The second-order valence-corrected chi connectivity index (χ2v) is 2.98. The number of hydrogen-bond donors (Lipinski definition) is 0. The lowest BCUT2D eigenvalue weighted by molar-refractivity contribution is -0.141. The van der Waals surface area contributed by atoms with Gasteiger partial charge in [0.2, 0.25) is 0 Å². The third-order valence-electron chi connectivity index (χ3n) is 1.81. The summed E-state index contributed by atoms with van der Waals surface area (Å²) in [6.07, 6.45) is -2.75. The molecule has 0 bridgehead atoms. The molecule has 0 saturated heterocycles. The zero-order valence-electron chi connectivity index (χ0n) is 8.25. The summed E-state index contributed by atoms with van der Waals surface area (Å²) in [5, 5.41) is 0. The number of ether oxygens (including phenoxy) is 1. The predicted molar refractivity (Wildman–Crippen MR) is 46.8 cm³/mol. The average molecular weight is 235 g/mol. The van der Waals surface area contributed by atoms with Gasteiger partial charge in [-0.2, -0.15) is 13.2 Å². The van der Waals surface area contributed by atoms with Crippen LogP contribution in [0.25, 0.3) is 0 Å². The molecule has 0 aromatic carbocycles. The van der Waals surface area contributed by atoms with E-state index >= 15 is 0 Å². The van der Waals surface area contributed by atoms with Gasteiger partial charge < -0.3 is 9.30 Å². The van der Waals surface area contributed by atoms with Crippen molar-refractivity contribution in [1.82, 2.24) is 4.57 Å². The van der Waals surface area contributed by atoms with E-state index in [1.54, 1.807) is 0 Å². The van der Waals surface area contributed by atoms with E-state index in [-0.39, 0.29) is 6.54 Å². The molecule has 88 valence electrons. The molecule has 0 unspecified atom stereocenters. The summed E-state index contributed by atoms with van der Waals surface area (Å²) in [7, 11) is 1.16. The summed E-state index contributed by atoms with van der Waals surface area (Å²) in [5.74, 6) is -2.54. The van der Waals surface area contributed by atoms with Crippen molar-refractivity contribution in [2.45, 2.75) is 12.7 Å². The summed E-state index contributed by atoms with van der Waals surface area (Å²) in [6.45, 7) is -0.234. The van der Waals surface area contributed by atoms with Crippen molar-refractivity contribution in [2.24, 2.45) is 0 Å². The molecule has 1 heterocycles. The molecule has 1 aromatic heterocycles. The third-order valence-corrected chi connectivity index (χ3v) is 1.81. The maximum atomic E-state index is 12.0. The third kappa shape index (κ3) is 2.85. The Bertz CT molecular complexity index is 408. The van der Waals surface area contributed by atoms with Gasteiger partial charge >= 0.3 is 12.1 Å². The second-order valence-electron chi connectivity index (χ2n) is 2.98. The predicted octanol–water partition coefficient (Wildman–Crippen LogP) is 1.41. The van der Waals surface area contributed by atoms with E-state index in [0.717, 1.165) is 23.9 Å². The lowest BCUT2D eigenvalue weighted by atomic mass is 10.2. The topological polar surface area (TPSA) is 48.3 Å². The fraction of sp³-hybridized carbons (Fsp3) is 0.333. The Morgan fingerprint density at radius 3 is 2.56 bits per heavy atom. The molecular formula is C9H8F3NO3. The lowest BCUT2D eigenvalue weighted by Crippen LogP contribution is -2.22. The number of aromatic nitrogens is 1. The summed E-state index contributed by atoms with van der Waals surface area (Å²) >= 11 is 0. The van der Waals surface area contributed by atoms with Gasteiger partial charge in [0, 0.05) is 18.0 Å². The highest BCUT2D eigenvalue weighted by molar-refractivity contribution is 6.00. The summed E-state index contributed by atoms with van der Waals surface area (Å²) in [6, 6.07) is 0.999. The van der Waals surface area contributed by atoms with Crippen LogP contribution < -0.4 is 0 Å². The van der Waals surface area contributed by atoms with Crippen molar-refractivity contribution >= 4 is 11.8 Å². The summed E-state index contributed by atoms with van der Waals surface area (Å²) in [4.78, 5) is 21.6. The van der Waals surface area contributed by atoms with Gasteiger partial charge in [-0.05, 0) is 6.07 Å². The number of nitrogens with zero attached hydrogens (tertiary/aromatic N) is 1. The second kappa shape index (κ2) is 4.38. The van der Waals surface area contributed by atoms with Crippen molar-refractivity contribution < 1.29 is 27.5 Å². The number of esters is 1. The highest BCUT2D eigenvalue weighted by Crippen LogP contribution is 2.21. The van der Waals surface area contributed by atoms with Gasteiger partial charge in [0.25, 0.3) is 5.78 Å². The molecule has 0 saturated carbocycles. The number of hydrogen-bond acceptors (Lipinski definition) is 3. The van der Waals surface area contributed by atoms with Crippen LogP contribution in [0.2, 0.25) is 0 Å². The smallest absolute Gasteiger partial charge is 0.454 e. The number of rotatable bonds is 3. The molecule has 0 N–H and O–H groups in total. The van der Waals surface area contributed by atoms with E-state index in [2.05, 4.69) is 4.74 Å². The molecule has 0 radical (unpaired) electrons. The van der Waals surface area contributed by atoms with Crippen LogP contribution in [0.5, 0.6) is 0 Å². The molecule has 0 amide bonds. The Hall–Kier alpha value is -1.79.